The third kappa shape index (κ3) is 34.4. The van der Waals surface area contributed by atoms with Crippen LogP contribution in [0.4, 0.5) is 0 Å². The van der Waals surface area contributed by atoms with Crippen LogP contribution < -0.4 is 0 Å². The van der Waals surface area contributed by atoms with E-state index in [1.165, 1.54) is 159 Å². The van der Waals surface area contributed by atoms with Gasteiger partial charge in [0.25, 0.3) is 10.1 Å². The van der Waals surface area contributed by atoms with Crippen molar-refractivity contribution < 1.29 is 22.6 Å². The van der Waals surface area contributed by atoms with E-state index in [0.29, 0.717) is 12.8 Å². The van der Waals surface area contributed by atoms with Gasteiger partial charge in [0.05, 0.1) is 12.3 Å². The van der Waals surface area contributed by atoms with Crippen molar-refractivity contribution in [3.63, 3.8) is 0 Å². The summed E-state index contributed by atoms with van der Waals surface area (Å²) in [7, 11) is -4.19. The minimum atomic E-state index is -4.19. The second kappa shape index (κ2) is 33.9. The molecule has 0 aromatic rings. The van der Waals surface area contributed by atoms with E-state index < -0.39 is 15.9 Å². The molecule has 0 unspecified atom stereocenters. The Morgan fingerprint density at radius 1 is 0.457 bits per heavy atom. The van der Waals surface area contributed by atoms with Crippen molar-refractivity contribution in [2.75, 3.05) is 18.8 Å². The zero-order valence-electron chi connectivity index (χ0n) is 30.7. The lowest BCUT2D eigenvalue weighted by Crippen LogP contribution is -2.38. The first-order valence-electron chi connectivity index (χ1n) is 20.0. The molecule has 0 saturated carbocycles. The van der Waals surface area contributed by atoms with Crippen LogP contribution in [0.2, 0.25) is 0 Å². The largest absolute Gasteiger partial charge is 0.334 e. The van der Waals surface area contributed by atoms with Gasteiger partial charge < -0.3 is 4.90 Å². The number of unbranched alkanes of at least 4 members (excludes halogenated alkanes) is 28. The Hall–Kier alpha value is -0.950. The molecule has 0 rings (SSSR count). The molecule has 0 aliphatic rings. The summed E-state index contributed by atoms with van der Waals surface area (Å²) >= 11 is 0. The Bertz CT molecular complexity index is 785. The Kier molecular flexibility index (Phi) is 33.2. The van der Waals surface area contributed by atoms with Crippen molar-refractivity contribution in [2.45, 2.75) is 219 Å². The van der Waals surface area contributed by atoms with Crippen LogP contribution in [0.25, 0.3) is 0 Å². The summed E-state index contributed by atoms with van der Waals surface area (Å²) in [4.78, 5) is 26.8. The predicted molar refractivity (Wildman–Crippen MR) is 197 cm³/mol. The monoisotopic (exact) mass is 672 g/mol. The van der Waals surface area contributed by atoms with Crippen LogP contribution in [-0.4, -0.2) is 48.4 Å². The lowest BCUT2D eigenvalue weighted by atomic mass is 10.0. The van der Waals surface area contributed by atoms with Crippen molar-refractivity contribution in [1.29, 1.82) is 0 Å². The number of hydrogen-bond donors (Lipinski definition) is 1. The third-order valence-electron chi connectivity index (χ3n) is 9.39. The molecule has 0 aromatic carbocycles. The standard InChI is InChI=1S/C39H77NO5S/c1-3-5-7-9-11-13-15-17-19-21-23-25-27-29-31-33-38(41)37-40(35-36-46(43,44)45)39(42)34-32-30-28-26-24-22-20-18-16-14-12-10-8-6-4-2/h3-37H2,1-2H3,(H,43,44,45). The Morgan fingerprint density at radius 3 is 1.04 bits per heavy atom. The van der Waals surface area contributed by atoms with E-state index in [9.17, 15) is 22.6 Å². The predicted octanol–water partition coefficient (Wildman–Crippen LogP) is 11.8. The van der Waals surface area contributed by atoms with Crippen LogP contribution in [0.5, 0.6) is 0 Å². The zero-order chi connectivity index (χ0) is 34.0. The van der Waals surface area contributed by atoms with Gasteiger partial charge in [-0.15, -0.1) is 0 Å². The Labute approximate surface area is 286 Å². The number of Topliss-reactive ketones (excluding diaryl/α,β-unsaturated/α-hetero) is 1. The molecule has 0 heterocycles. The minimum absolute atomic E-state index is 0.0186. The van der Waals surface area contributed by atoms with Gasteiger partial charge in [0.2, 0.25) is 5.91 Å². The summed E-state index contributed by atoms with van der Waals surface area (Å²) in [5.41, 5.74) is 0. The smallest absolute Gasteiger partial charge is 0.266 e. The van der Waals surface area contributed by atoms with E-state index in [2.05, 4.69) is 13.8 Å². The molecule has 0 bridgehead atoms. The number of carbonyl (C=O) groups is 2. The van der Waals surface area contributed by atoms with E-state index in [1.54, 1.807) is 0 Å². The van der Waals surface area contributed by atoms with Gasteiger partial charge in [0.15, 0.2) is 5.78 Å². The lowest BCUT2D eigenvalue weighted by molar-refractivity contribution is -0.135. The molecule has 1 N–H and O–H groups in total. The number of amides is 1. The maximum absolute atomic E-state index is 12.8. The number of nitrogens with zero attached hydrogens (tertiary/aromatic N) is 1. The molecule has 274 valence electrons. The third-order valence-corrected chi connectivity index (χ3v) is 10.1. The number of hydrogen-bond acceptors (Lipinski definition) is 4. The molecule has 0 aliphatic carbocycles. The van der Waals surface area contributed by atoms with Gasteiger partial charge in [-0.05, 0) is 12.8 Å². The molecule has 6 nitrogen and oxygen atoms in total. The van der Waals surface area contributed by atoms with Crippen LogP contribution in [0.1, 0.15) is 219 Å². The summed E-state index contributed by atoms with van der Waals surface area (Å²) in [5.74, 6) is -0.720. The van der Waals surface area contributed by atoms with Gasteiger partial charge in [-0.2, -0.15) is 8.42 Å². The fourth-order valence-electron chi connectivity index (χ4n) is 6.31. The second-order valence-electron chi connectivity index (χ2n) is 14.0. The Balaban J connectivity index is 3.93. The van der Waals surface area contributed by atoms with Gasteiger partial charge in [-0.1, -0.05) is 194 Å². The summed E-state index contributed by atoms with van der Waals surface area (Å²) in [5, 5.41) is 0. The molecule has 0 radical (unpaired) electrons. The van der Waals surface area contributed by atoms with Crippen LogP contribution >= 0.6 is 0 Å². The van der Waals surface area contributed by atoms with Crippen molar-refractivity contribution in [2.24, 2.45) is 0 Å². The second-order valence-corrected chi connectivity index (χ2v) is 15.6. The molecule has 0 spiro atoms. The first-order chi connectivity index (χ1) is 22.3. The Morgan fingerprint density at radius 2 is 0.739 bits per heavy atom. The molecule has 46 heavy (non-hydrogen) atoms. The highest BCUT2D eigenvalue weighted by molar-refractivity contribution is 7.85. The van der Waals surface area contributed by atoms with Gasteiger partial charge in [0, 0.05) is 19.4 Å². The topological polar surface area (TPSA) is 91.8 Å². The molecule has 0 aromatic heterocycles. The van der Waals surface area contributed by atoms with Crippen molar-refractivity contribution in [3.8, 4) is 0 Å². The van der Waals surface area contributed by atoms with Crippen molar-refractivity contribution in [3.05, 3.63) is 0 Å². The maximum atomic E-state index is 12.8. The molecule has 0 fully saturated rings. The van der Waals surface area contributed by atoms with Gasteiger partial charge in [-0.25, -0.2) is 0 Å². The molecular formula is C39H77NO5S. The summed E-state index contributed by atoms with van der Waals surface area (Å²) < 4.78 is 31.8. The van der Waals surface area contributed by atoms with Gasteiger partial charge >= 0.3 is 0 Å². The molecule has 1 amide bonds. The summed E-state index contributed by atoms with van der Waals surface area (Å²) in [6, 6.07) is 0. The highest BCUT2D eigenvalue weighted by atomic mass is 32.2. The first-order valence-corrected chi connectivity index (χ1v) is 21.7. The molecule has 7 heteroatoms. The summed E-state index contributed by atoms with van der Waals surface area (Å²) in [6.45, 7) is 4.35. The minimum Gasteiger partial charge on any atom is -0.334 e. The van der Waals surface area contributed by atoms with Crippen LogP contribution in [0, 0.1) is 0 Å². The average Bonchev–Trinajstić information content (AvgIpc) is 3.02. The van der Waals surface area contributed by atoms with E-state index in [4.69, 9.17) is 0 Å². The van der Waals surface area contributed by atoms with E-state index in [-0.39, 0.29) is 24.8 Å². The summed E-state index contributed by atoms with van der Waals surface area (Å²) in [6.07, 6.45) is 38.7. The molecule has 0 aliphatic heterocycles. The van der Waals surface area contributed by atoms with Gasteiger partial charge in [-0.3, -0.25) is 14.1 Å². The fraction of sp³-hybridized carbons (Fsp3) is 0.949. The number of ketones is 1. The van der Waals surface area contributed by atoms with E-state index in [1.807, 2.05) is 0 Å². The molecule has 0 atom stereocenters. The van der Waals surface area contributed by atoms with Gasteiger partial charge in [0.1, 0.15) is 0 Å². The highest BCUT2D eigenvalue weighted by Gasteiger charge is 2.19. The SMILES string of the molecule is CCCCCCCCCCCCCCCCCC(=O)CN(CCS(=O)(=O)O)C(=O)CCCCCCCCCCCCCCCCC. The fourth-order valence-corrected chi connectivity index (χ4v) is 6.76. The van der Waals surface area contributed by atoms with Crippen LogP contribution in [0.15, 0.2) is 0 Å². The van der Waals surface area contributed by atoms with E-state index >= 15 is 0 Å². The first kappa shape index (κ1) is 45.0. The maximum Gasteiger partial charge on any atom is 0.266 e. The van der Waals surface area contributed by atoms with Crippen LogP contribution in [-0.2, 0) is 19.7 Å². The lowest BCUT2D eigenvalue weighted by Gasteiger charge is -2.21. The molecule has 0 saturated heterocycles. The average molecular weight is 672 g/mol. The normalized spacial score (nSPS) is 11.7. The number of rotatable bonds is 37. The van der Waals surface area contributed by atoms with E-state index in [0.717, 1.165) is 38.5 Å². The van der Waals surface area contributed by atoms with Crippen molar-refractivity contribution in [1.82, 2.24) is 4.90 Å². The van der Waals surface area contributed by atoms with Crippen molar-refractivity contribution >= 4 is 21.8 Å². The van der Waals surface area contributed by atoms with Crippen LogP contribution in [0.3, 0.4) is 0 Å². The quantitative estimate of drug-likeness (QED) is 0.0524. The highest BCUT2D eigenvalue weighted by Crippen LogP contribution is 2.16. The number of carbonyl (C=O) groups excluding carboxylic acids is 2. The zero-order valence-corrected chi connectivity index (χ0v) is 31.5. The molecular weight excluding hydrogens is 594 g/mol.